The summed E-state index contributed by atoms with van der Waals surface area (Å²) in [5, 5.41) is 0. The molecule has 2 heteroatoms. The van der Waals surface area contributed by atoms with Gasteiger partial charge in [-0.05, 0) is 24.5 Å². The molecule has 0 fully saturated rings. The third-order valence-electron chi connectivity index (χ3n) is 1.70. The van der Waals surface area contributed by atoms with E-state index in [1.165, 1.54) is 11.3 Å². The van der Waals surface area contributed by atoms with Gasteiger partial charge in [-0.25, -0.2) is 0 Å². The van der Waals surface area contributed by atoms with Crippen molar-refractivity contribution in [3.8, 4) is 0 Å². The van der Waals surface area contributed by atoms with Crippen LogP contribution in [-0.4, -0.2) is 4.98 Å². The molecule has 11 heavy (non-hydrogen) atoms. The fourth-order valence-electron chi connectivity index (χ4n) is 1.11. The van der Waals surface area contributed by atoms with Crippen LogP contribution in [0, 0.1) is 0 Å². The minimum atomic E-state index is 0. The molecule has 2 nitrogen and oxygen atoms in total. The zero-order valence-corrected chi connectivity index (χ0v) is 7.30. The quantitative estimate of drug-likeness (QED) is 0.707. The summed E-state index contributed by atoms with van der Waals surface area (Å²) in [5.74, 6) is 0. The highest BCUT2D eigenvalue weighted by Crippen LogP contribution is 2.05. The summed E-state index contributed by atoms with van der Waals surface area (Å²) < 4.78 is 0. The molecule has 0 saturated heterocycles. The third kappa shape index (κ3) is 2.31. The van der Waals surface area contributed by atoms with Gasteiger partial charge in [0.2, 0.25) is 0 Å². The maximum atomic E-state index is 4.27. The van der Waals surface area contributed by atoms with Crippen molar-refractivity contribution in [2.45, 2.75) is 26.7 Å². The van der Waals surface area contributed by atoms with Crippen LogP contribution in [0.25, 0.3) is 0 Å². The molecule has 1 heterocycles. The number of pyridine rings is 1. The fourth-order valence-corrected chi connectivity index (χ4v) is 1.11. The first kappa shape index (κ1) is 10.1. The summed E-state index contributed by atoms with van der Waals surface area (Å²) in [7, 11) is 0. The van der Waals surface area contributed by atoms with E-state index in [0.717, 1.165) is 12.8 Å². The fraction of sp³-hybridized carbons (Fsp3) is 0.444. The van der Waals surface area contributed by atoms with E-state index in [9.17, 15) is 0 Å². The minimum Gasteiger partial charge on any atom is -0.344 e. The SMILES string of the molecule is CCc1cccnc1CC.N. The average molecular weight is 152 g/mol. The highest BCUT2D eigenvalue weighted by Gasteiger charge is 1.95. The van der Waals surface area contributed by atoms with Crippen molar-refractivity contribution in [3.63, 3.8) is 0 Å². The Morgan fingerprint density at radius 2 is 2.00 bits per heavy atom. The average Bonchev–Trinajstić information content (AvgIpc) is 2.04. The maximum absolute atomic E-state index is 4.27. The number of hydrogen-bond acceptors (Lipinski definition) is 2. The highest BCUT2D eigenvalue weighted by molar-refractivity contribution is 5.19. The summed E-state index contributed by atoms with van der Waals surface area (Å²) in [4.78, 5) is 4.27. The number of aryl methyl sites for hydroxylation is 2. The van der Waals surface area contributed by atoms with Crippen LogP contribution in [0.4, 0.5) is 0 Å². The lowest BCUT2D eigenvalue weighted by atomic mass is 10.1. The predicted octanol–water partition coefficient (Wildman–Crippen LogP) is 2.37. The molecule has 0 unspecified atom stereocenters. The first-order valence-corrected chi connectivity index (χ1v) is 3.81. The largest absolute Gasteiger partial charge is 0.344 e. The van der Waals surface area contributed by atoms with Gasteiger partial charge in [0.1, 0.15) is 0 Å². The standard InChI is InChI=1S/C9H13N.H3N/c1-3-8-6-5-7-10-9(8)4-2;/h5-7H,3-4H2,1-2H3;1H3. The Labute approximate surface area is 68.2 Å². The lowest BCUT2D eigenvalue weighted by molar-refractivity contribution is 0.964. The van der Waals surface area contributed by atoms with Crippen molar-refractivity contribution in [2.24, 2.45) is 0 Å². The third-order valence-corrected chi connectivity index (χ3v) is 1.70. The minimum absolute atomic E-state index is 0. The molecule has 0 bridgehead atoms. The molecule has 0 aliphatic heterocycles. The second-order valence-electron chi connectivity index (χ2n) is 2.32. The van der Waals surface area contributed by atoms with Gasteiger partial charge in [-0.1, -0.05) is 19.9 Å². The molecule has 0 saturated carbocycles. The molecule has 0 radical (unpaired) electrons. The molecule has 0 aromatic carbocycles. The molecule has 0 spiro atoms. The van der Waals surface area contributed by atoms with Gasteiger partial charge in [0.05, 0.1) is 0 Å². The molecule has 0 amide bonds. The molecular weight excluding hydrogens is 136 g/mol. The lowest BCUT2D eigenvalue weighted by Crippen LogP contribution is -1.92. The zero-order chi connectivity index (χ0) is 7.40. The number of hydrogen-bond donors (Lipinski definition) is 1. The van der Waals surface area contributed by atoms with E-state index in [0.29, 0.717) is 0 Å². The van der Waals surface area contributed by atoms with Crippen molar-refractivity contribution >= 4 is 0 Å². The second kappa shape index (κ2) is 4.85. The van der Waals surface area contributed by atoms with Crippen LogP contribution >= 0.6 is 0 Å². The molecule has 0 aliphatic carbocycles. The van der Waals surface area contributed by atoms with Crippen LogP contribution in [0.2, 0.25) is 0 Å². The molecule has 62 valence electrons. The molecular formula is C9H16N2. The summed E-state index contributed by atoms with van der Waals surface area (Å²) in [6.45, 7) is 4.30. The van der Waals surface area contributed by atoms with Crippen molar-refractivity contribution in [3.05, 3.63) is 29.6 Å². The predicted molar refractivity (Wildman–Crippen MR) is 48.0 cm³/mol. The van der Waals surface area contributed by atoms with Crippen LogP contribution in [0.5, 0.6) is 0 Å². The molecule has 1 aromatic heterocycles. The molecule has 0 aliphatic rings. The highest BCUT2D eigenvalue weighted by atomic mass is 14.7. The first-order valence-electron chi connectivity index (χ1n) is 3.81. The van der Waals surface area contributed by atoms with Gasteiger partial charge >= 0.3 is 0 Å². The van der Waals surface area contributed by atoms with Crippen molar-refractivity contribution in [2.75, 3.05) is 0 Å². The van der Waals surface area contributed by atoms with Crippen LogP contribution in [-0.2, 0) is 12.8 Å². The van der Waals surface area contributed by atoms with Gasteiger partial charge in [-0.2, -0.15) is 0 Å². The van der Waals surface area contributed by atoms with Gasteiger partial charge in [0, 0.05) is 11.9 Å². The Hall–Kier alpha value is -0.890. The number of rotatable bonds is 2. The summed E-state index contributed by atoms with van der Waals surface area (Å²) in [5.41, 5.74) is 2.62. The number of nitrogens with zero attached hydrogens (tertiary/aromatic N) is 1. The van der Waals surface area contributed by atoms with E-state index >= 15 is 0 Å². The topological polar surface area (TPSA) is 47.9 Å². The second-order valence-corrected chi connectivity index (χ2v) is 2.32. The van der Waals surface area contributed by atoms with E-state index in [1.54, 1.807) is 0 Å². The summed E-state index contributed by atoms with van der Waals surface area (Å²) in [6, 6.07) is 4.14. The van der Waals surface area contributed by atoms with Crippen molar-refractivity contribution in [1.82, 2.24) is 11.1 Å². The Balaban J connectivity index is 0.000001000. The van der Waals surface area contributed by atoms with Gasteiger partial charge in [0.15, 0.2) is 0 Å². The van der Waals surface area contributed by atoms with E-state index in [2.05, 4.69) is 24.9 Å². The van der Waals surface area contributed by atoms with Gasteiger partial charge in [0.25, 0.3) is 0 Å². The summed E-state index contributed by atoms with van der Waals surface area (Å²) >= 11 is 0. The van der Waals surface area contributed by atoms with Crippen LogP contribution in [0.1, 0.15) is 25.1 Å². The molecule has 1 rings (SSSR count). The Morgan fingerprint density at radius 1 is 1.27 bits per heavy atom. The van der Waals surface area contributed by atoms with Crippen LogP contribution in [0.3, 0.4) is 0 Å². The van der Waals surface area contributed by atoms with Crippen molar-refractivity contribution in [1.29, 1.82) is 0 Å². The first-order chi connectivity index (χ1) is 4.88. The number of aromatic nitrogens is 1. The van der Waals surface area contributed by atoms with Gasteiger partial charge in [-0.15, -0.1) is 0 Å². The summed E-state index contributed by atoms with van der Waals surface area (Å²) in [6.07, 6.45) is 4.00. The molecule has 1 aromatic rings. The lowest BCUT2D eigenvalue weighted by Gasteiger charge is -2.01. The van der Waals surface area contributed by atoms with Gasteiger partial charge < -0.3 is 6.15 Å². The van der Waals surface area contributed by atoms with E-state index in [1.807, 2.05) is 12.3 Å². The van der Waals surface area contributed by atoms with E-state index in [4.69, 9.17) is 0 Å². The monoisotopic (exact) mass is 152 g/mol. The van der Waals surface area contributed by atoms with E-state index < -0.39 is 0 Å². The van der Waals surface area contributed by atoms with E-state index in [-0.39, 0.29) is 6.15 Å². The molecule has 0 atom stereocenters. The van der Waals surface area contributed by atoms with Crippen LogP contribution in [0.15, 0.2) is 18.3 Å². The Bertz CT molecular complexity index is 185. The Kier molecular flexibility index (Phi) is 4.46. The normalized spacial score (nSPS) is 8.91. The van der Waals surface area contributed by atoms with Crippen molar-refractivity contribution < 1.29 is 0 Å². The zero-order valence-electron chi connectivity index (χ0n) is 7.30. The molecule has 3 N–H and O–H groups in total. The Morgan fingerprint density at radius 3 is 2.45 bits per heavy atom. The smallest absolute Gasteiger partial charge is 0.0432 e. The van der Waals surface area contributed by atoms with Crippen LogP contribution < -0.4 is 6.15 Å². The van der Waals surface area contributed by atoms with Gasteiger partial charge in [-0.3, -0.25) is 4.98 Å². The maximum Gasteiger partial charge on any atom is 0.0432 e.